The Morgan fingerprint density at radius 2 is 2.15 bits per heavy atom. The Hall–Kier alpha value is -3.81. The van der Waals surface area contributed by atoms with Crippen LogP contribution in [0.1, 0.15) is 11.5 Å². The van der Waals surface area contributed by atoms with E-state index in [4.69, 9.17) is 9.26 Å². The first kappa shape index (κ1) is 17.0. The van der Waals surface area contributed by atoms with Crippen molar-refractivity contribution in [2.24, 2.45) is 0 Å². The van der Waals surface area contributed by atoms with Crippen LogP contribution in [0.4, 0.5) is 5.69 Å². The van der Waals surface area contributed by atoms with Gasteiger partial charge in [-0.15, -0.1) is 0 Å². The summed E-state index contributed by atoms with van der Waals surface area (Å²) < 4.78 is 10.9. The number of nitro groups is 1. The fourth-order valence-electron chi connectivity index (χ4n) is 2.29. The van der Waals surface area contributed by atoms with Crippen molar-refractivity contribution in [3.63, 3.8) is 0 Å². The maximum Gasteiger partial charge on any atom is 0.271 e. The Balaban J connectivity index is 1.81. The van der Waals surface area contributed by atoms with Gasteiger partial charge in [-0.1, -0.05) is 36.5 Å². The van der Waals surface area contributed by atoms with Crippen molar-refractivity contribution in [2.75, 3.05) is 0 Å². The van der Waals surface area contributed by atoms with E-state index >= 15 is 0 Å². The van der Waals surface area contributed by atoms with Crippen LogP contribution in [0.5, 0.6) is 5.88 Å². The van der Waals surface area contributed by atoms with Gasteiger partial charge in [0, 0.05) is 23.8 Å². The van der Waals surface area contributed by atoms with Crippen molar-refractivity contribution in [3.05, 3.63) is 83.5 Å². The molecule has 2 aromatic heterocycles. The maximum absolute atomic E-state index is 10.9. The smallest absolute Gasteiger partial charge is 0.271 e. The highest BCUT2D eigenvalue weighted by molar-refractivity contribution is 5.85. The van der Waals surface area contributed by atoms with E-state index in [1.165, 1.54) is 18.5 Å². The van der Waals surface area contributed by atoms with Crippen molar-refractivity contribution in [3.8, 4) is 5.88 Å². The van der Waals surface area contributed by atoms with Crippen molar-refractivity contribution >= 4 is 22.2 Å². The van der Waals surface area contributed by atoms with Gasteiger partial charge in [0.25, 0.3) is 5.69 Å². The summed E-state index contributed by atoms with van der Waals surface area (Å²) in [5, 5.41) is 15.4. The van der Waals surface area contributed by atoms with E-state index in [0.717, 1.165) is 5.57 Å². The number of allylic oxidation sites excluding steroid dienone is 4. The molecule has 0 saturated heterocycles. The lowest BCUT2D eigenvalue weighted by Gasteiger charge is -2.05. The zero-order valence-corrected chi connectivity index (χ0v) is 13.7. The van der Waals surface area contributed by atoms with Gasteiger partial charge in [0.15, 0.2) is 12.4 Å². The number of rotatable bonds is 7. The molecule has 0 fully saturated rings. The molecule has 8 nitrogen and oxygen atoms in total. The lowest BCUT2D eigenvalue weighted by Crippen LogP contribution is -1.98. The summed E-state index contributed by atoms with van der Waals surface area (Å²) in [5.74, 6) is 0.791. The molecule has 0 aliphatic heterocycles. The first-order valence-electron chi connectivity index (χ1n) is 7.55. The summed E-state index contributed by atoms with van der Waals surface area (Å²) in [6, 6.07) is 6.02. The summed E-state index contributed by atoms with van der Waals surface area (Å²) in [5.41, 5.74) is 1.76. The summed E-state index contributed by atoms with van der Waals surface area (Å²) in [4.78, 5) is 18.5. The second kappa shape index (κ2) is 7.39. The number of hydrogen-bond acceptors (Lipinski definition) is 7. The van der Waals surface area contributed by atoms with Crippen LogP contribution in [0.2, 0.25) is 0 Å². The molecule has 0 unspecified atom stereocenters. The van der Waals surface area contributed by atoms with E-state index in [-0.39, 0.29) is 12.3 Å². The Morgan fingerprint density at radius 1 is 1.31 bits per heavy atom. The molecule has 0 radical (unpaired) electrons. The summed E-state index contributed by atoms with van der Waals surface area (Å²) in [6.07, 6.45) is 6.33. The normalized spacial score (nSPS) is 11.3. The molecule has 0 aliphatic rings. The first-order valence-corrected chi connectivity index (χ1v) is 7.55. The highest BCUT2D eigenvalue weighted by Gasteiger charge is 2.12. The average Bonchev–Trinajstić information content (AvgIpc) is 3.12. The summed E-state index contributed by atoms with van der Waals surface area (Å²) in [7, 11) is 0. The Kier molecular flexibility index (Phi) is 4.84. The molecule has 1 aromatic carbocycles. The first-order chi connectivity index (χ1) is 12.6. The lowest BCUT2D eigenvalue weighted by atomic mass is 10.1. The number of aromatic nitrogens is 3. The van der Waals surface area contributed by atoms with Crippen LogP contribution in [0.3, 0.4) is 0 Å². The minimum atomic E-state index is -0.480. The fraction of sp³-hybridized carbons (Fsp3) is 0.0556. The minimum Gasteiger partial charge on any atom is -0.469 e. The van der Waals surface area contributed by atoms with Gasteiger partial charge in [-0.25, -0.2) is 9.97 Å². The largest absolute Gasteiger partial charge is 0.469 e. The van der Waals surface area contributed by atoms with Gasteiger partial charge in [0.2, 0.25) is 5.88 Å². The van der Waals surface area contributed by atoms with E-state index in [0.29, 0.717) is 28.2 Å². The molecule has 0 spiro atoms. The van der Waals surface area contributed by atoms with Crippen LogP contribution in [0.25, 0.3) is 16.5 Å². The van der Waals surface area contributed by atoms with E-state index in [1.807, 2.05) is 0 Å². The predicted octanol–water partition coefficient (Wildman–Crippen LogP) is 3.86. The van der Waals surface area contributed by atoms with Crippen LogP contribution in [-0.4, -0.2) is 20.0 Å². The number of hydrogen-bond donors (Lipinski definition) is 0. The van der Waals surface area contributed by atoms with Crippen molar-refractivity contribution in [1.82, 2.24) is 15.1 Å². The third kappa shape index (κ3) is 3.48. The van der Waals surface area contributed by atoms with Crippen LogP contribution in [-0.2, 0) is 6.61 Å². The van der Waals surface area contributed by atoms with Gasteiger partial charge in [-0.3, -0.25) is 10.1 Å². The molecule has 26 heavy (non-hydrogen) atoms. The second-order valence-electron chi connectivity index (χ2n) is 5.17. The average molecular weight is 350 g/mol. The van der Waals surface area contributed by atoms with E-state index in [2.05, 4.69) is 28.3 Å². The molecule has 0 aliphatic carbocycles. The molecule has 0 atom stereocenters. The monoisotopic (exact) mass is 350 g/mol. The zero-order valence-electron chi connectivity index (χ0n) is 13.7. The molecule has 2 heterocycles. The van der Waals surface area contributed by atoms with Crippen molar-refractivity contribution < 1.29 is 14.2 Å². The molecule has 0 N–H and O–H groups in total. The highest BCUT2D eigenvalue weighted by atomic mass is 16.6. The Bertz CT molecular complexity index is 1020. The quantitative estimate of drug-likeness (QED) is 0.362. The maximum atomic E-state index is 10.9. The number of nitrogens with zero attached hydrogens (tertiary/aromatic N) is 4. The third-order valence-electron chi connectivity index (χ3n) is 3.52. The van der Waals surface area contributed by atoms with E-state index in [1.54, 1.807) is 30.4 Å². The molecular formula is C18H14N4O4. The Morgan fingerprint density at radius 3 is 2.88 bits per heavy atom. The van der Waals surface area contributed by atoms with E-state index in [9.17, 15) is 10.1 Å². The molecule has 3 rings (SSSR count). The molecule has 130 valence electrons. The number of fused-ring (bicyclic) bond motifs is 1. The van der Waals surface area contributed by atoms with E-state index < -0.39 is 4.92 Å². The predicted molar refractivity (Wildman–Crippen MR) is 95.4 cm³/mol. The summed E-state index contributed by atoms with van der Waals surface area (Å²) >= 11 is 0. The zero-order chi connectivity index (χ0) is 18.5. The van der Waals surface area contributed by atoms with Crippen molar-refractivity contribution in [1.29, 1.82) is 0 Å². The number of ether oxygens (including phenoxy) is 1. The van der Waals surface area contributed by atoms with Crippen LogP contribution in [0, 0.1) is 10.1 Å². The molecule has 0 amide bonds. The molecule has 0 saturated carbocycles. The van der Waals surface area contributed by atoms with Gasteiger partial charge in [0.1, 0.15) is 12.0 Å². The highest BCUT2D eigenvalue weighted by Crippen LogP contribution is 2.26. The number of non-ortho nitro benzene ring substituents is 1. The second-order valence-corrected chi connectivity index (χ2v) is 5.17. The van der Waals surface area contributed by atoms with Crippen LogP contribution >= 0.6 is 0 Å². The lowest BCUT2D eigenvalue weighted by molar-refractivity contribution is -0.384. The fourth-order valence-corrected chi connectivity index (χ4v) is 2.29. The molecular weight excluding hydrogens is 336 g/mol. The molecule has 0 bridgehead atoms. The number of benzene rings is 1. The van der Waals surface area contributed by atoms with Crippen molar-refractivity contribution in [2.45, 2.75) is 6.61 Å². The molecule has 8 heteroatoms. The van der Waals surface area contributed by atoms with Gasteiger partial charge < -0.3 is 9.26 Å². The molecule has 3 aromatic rings. The van der Waals surface area contributed by atoms with Crippen LogP contribution in [0.15, 0.2) is 66.5 Å². The number of nitro benzene ring substituents is 1. The minimum absolute atomic E-state index is 0.0482. The van der Waals surface area contributed by atoms with Gasteiger partial charge in [0.05, 0.1) is 15.8 Å². The standard InChI is InChI=1S/C18H14N4O4/c1-3-5-12(4-2)16-9-14(26-21-16)10-25-18-15-7-6-13(22(23)24)8-17(15)19-11-20-18/h3-9,11H,1-2,10H2/b12-5+. The topological polar surface area (TPSA) is 104 Å². The van der Waals surface area contributed by atoms with Gasteiger partial charge >= 0.3 is 0 Å². The van der Waals surface area contributed by atoms with Crippen LogP contribution < -0.4 is 4.74 Å². The van der Waals surface area contributed by atoms with Gasteiger partial charge in [-0.05, 0) is 6.07 Å². The summed E-state index contributed by atoms with van der Waals surface area (Å²) in [6.45, 7) is 7.45. The SMILES string of the molecule is C=C/C=C(\C=C)c1cc(COc2ncnc3cc([N+](=O)[O-])ccc23)on1. The Labute approximate surface area is 148 Å². The van der Waals surface area contributed by atoms with Gasteiger partial charge in [-0.2, -0.15) is 0 Å². The third-order valence-corrected chi connectivity index (χ3v) is 3.52.